The van der Waals surface area contributed by atoms with Crippen LogP contribution in [0.15, 0.2) is 42.5 Å². The lowest BCUT2D eigenvalue weighted by Crippen LogP contribution is -2.32. The van der Waals surface area contributed by atoms with E-state index in [0.717, 1.165) is 0 Å². The number of benzene rings is 2. The Labute approximate surface area is 163 Å². The van der Waals surface area contributed by atoms with Gasteiger partial charge in [0, 0.05) is 18.4 Å². The van der Waals surface area contributed by atoms with Gasteiger partial charge in [0.1, 0.15) is 12.4 Å². The van der Waals surface area contributed by atoms with Gasteiger partial charge < -0.3 is 29.6 Å². The molecule has 0 fully saturated rings. The summed E-state index contributed by atoms with van der Waals surface area (Å²) in [5.41, 5.74) is 0.965. The van der Waals surface area contributed by atoms with Crippen molar-refractivity contribution in [1.29, 1.82) is 0 Å². The molecule has 8 heteroatoms. The van der Waals surface area contributed by atoms with E-state index >= 15 is 0 Å². The fraction of sp³-hybridized carbons (Fsp3) is 0.300. The highest BCUT2D eigenvalue weighted by Gasteiger charge is 2.12. The van der Waals surface area contributed by atoms with Crippen molar-refractivity contribution in [3.63, 3.8) is 0 Å². The largest absolute Gasteiger partial charge is 0.493 e. The molecule has 0 unspecified atom stereocenters. The molecule has 2 amide bonds. The van der Waals surface area contributed by atoms with Crippen molar-refractivity contribution < 1.29 is 28.5 Å². The van der Waals surface area contributed by atoms with Gasteiger partial charge in [0.05, 0.1) is 27.4 Å². The highest BCUT2D eigenvalue weighted by atomic mass is 16.5. The molecule has 0 bridgehead atoms. The van der Waals surface area contributed by atoms with Crippen molar-refractivity contribution in [1.82, 2.24) is 5.32 Å². The van der Waals surface area contributed by atoms with Crippen LogP contribution in [0.5, 0.6) is 17.2 Å². The van der Waals surface area contributed by atoms with Gasteiger partial charge in [0.2, 0.25) is 5.91 Å². The number of anilines is 1. The van der Waals surface area contributed by atoms with Crippen LogP contribution in [0.3, 0.4) is 0 Å². The number of ether oxygens (including phenoxy) is 4. The average Bonchev–Trinajstić information content (AvgIpc) is 2.72. The second-order valence-electron chi connectivity index (χ2n) is 5.67. The maximum absolute atomic E-state index is 12.2. The second kappa shape index (κ2) is 10.8. The third-order valence-corrected chi connectivity index (χ3v) is 3.75. The van der Waals surface area contributed by atoms with Gasteiger partial charge in [-0.25, -0.2) is 0 Å². The topological polar surface area (TPSA) is 95.1 Å². The first-order valence-electron chi connectivity index (χ1n) is 8.59. The lowest BCUT2D eigenvalue weighted by Gasteiger charge is -2.10. The number of nitrogens with one attached hydrogen (secondary N) is 2. The molecule has 0 heterocycles. The Morgan fingerprint density at radius 3 is 2.25 bits per heavy atom. The highest BCUT2D eigenvalue weighted by Crippen LogP contribution is 2.27. The predicted octanol–water partition coefficient (Wildman–Crippen LogP) is 2.10. The minimum Gasteiger partial charge on any atom is -0.493 e. The maximum atomic E-state index is 12.2. The number of hydrogen-bond donors (Lipinski definition) is 2. The molecule has 0 spiro atoms. The van der Waals surface area contributed by atoms with Crippen molar-refractivity contribution >= 4 is 17.5 Å². The Morgan fingerprint density at radius 2 is 1.61 bits per heavy atom. The van der Waals surface area contributed by atoms with E-state index in [0.29, 0.717) is 41.7 Å². The summed E-state index contributed by atoms with van der Waals surface area (Å²) in [5, 5.41) is 5.27. The summed E-state index contributed by atoms with van der Waals surface area (Å²) in [6.45, 7) is 0.780. The molecule has 0 aliphatic heterocycles. The summed E-state index contributed by atoms with van der Waals surface area (Å²) < 4.78 is 20.7. The monoisotopic (exact) mass is 388 g/mol. The van der Waals surface area contributed by atoms with Crippen molar-refractivity contribution in [2.75, 3.05) is 46.4 Å². The van der Waals surface area contributed by atoms with Crippen LogP contribution in [0.2, 0.25) is 0 Å². The molecule has 0 aliphatic carbocycles. The molecule has 0 radical (unpaired) electrons. The Balaban J connectivity index is 1.84. The van der Waals surface area contributed by atoms with Crippen molar-refractivity contribution in [3.05, 3.63) is 48.0 Å². The van der Waals surface area contributed by atoms with Gasteiger partial charge >= 0.3 is 0 Å². The lowest BCUT2D eigenvalue weighted by atomic mass is 10.2. The van der Waals surface area contributed by atoms with Crippen LogP contribution in [0.25, 0.3) is 0 Å². The summed E-state index contributed by atoms with van der Waals surface area (Å²) in [6, 6.07) is 11.7. The van der Waals surface area contributed by atoms with Crippen molar-refractivity contribution in [3.8, 4) is 17.2 Å². The zero-order valence-electron chi connectivity index (χ0n) is 16.1. The van der Waals surface area contributed by atoms with E-state index in [9.17, 15) is 9.59 Å². The first kappa shape index (κ1) is 21.0. The van der Waals surface area contributed by atoms with E-state index in [1.165, 1.54) is 14.2 Å². The first-order chi connectivity index (χ1) is 13.6. The van der Waals surface area contributed by atoms with E-state index in [-0.39, 0.29) is 12.5 Å². The molecule has 0 saturated carbocycles. The van der Waals surface area contributed by atoms with Crippen LogP contribution in [0.1, 0.15) is 10.4 Å². The maximum Gasteiger partial charge on any atom is 0.251 e. The minimum absolute atomic E-state index is 0.167. The van der Waals surface area contributed by atoms with E-state index in [1.807, 2.05) is 0 Å². The molecule has 28 heavy (non-hydrogen) atoms. The number of carbonyl (C=O) groups excluding carboxylic acids is 2. The average molecular weight is 388 g/mol. The number of rotatable bonds is 10. The molecule has 2 N–H and O–H groups in total. The van der Waals surface area contributed by atoms with Crippen LogP contribution in [-0.2, 0) is 9.53 Å². The van der Waals surface area contributed by atoms with E-state index in [1.54, 1.807) is 49.6 Å². The molecule has 0 aliphatic rings. The smallest absolute Gasteiger partial charge is 0.251 e. The molecular weight excluding hydrogens is 364 g/mol. The molecule has 0 aromatic heterocycles. The molecule has 8 nitrogen and oxygen atoms in total. The molecule has 2 aromatic carbocycles. The summed E-state index contributed by atoms with van der Waals surface area (Å²) >= 11 is 0. The number of carbonyl (C=O) groups is 2. The third kappa shape index (κ3) is 6.17. The Hall–Kier alpha value is -3.26. The summed E-state index contributed by atoms with van der Waals surface area (Å²) in [4.78, 5) is 24.3. The van der Waals surface area contributed by atoms with Crippen LogP contribution < -0.4 is 24.8 Å². The van der Waals surface area contributed by atoms with Crippen LogP contribution in [0.4, 0.5) is 5.69 Å². The van der Waals surface area contributed by atoms with E-state index in [4.69, 9.17) is 18.9 Å². The van der Waals surface area contributed by atoms with Gasteiger partial charge in [0.15, 0.2) is 11.5 Å². The standard InChI is InChI=1S/C20H24N2O6/c1-25-10-11-28-16-7-5-15(6-8-16)22-19(23)13-21-20(24)14-4-9-17(26-2)18(12-14)27-3/h4-9,12H,10-11,13H2,1-3H3,(H,21,24)(H,22,23). The van der Waals surface area contributed by atoms with Crippen molar-refractivity contribution in [2.24, 2.45) is 0 Å². The quantitative estimate of drug-likeness (QED) is 0.605. The second-order valence-corrected chi connectivity index (χ2v) is 5.67. The van der Waals surface area contributed by atoms with Gasteiger partial charge in [0.25, 0.3) is 5.91 Å². The van der Waals surface area contributed by atoms with Gasteiger partial charge in [-0.15, -0.1) is 0 Å². The Kier molecular flexibility index (Phi) is 8.11. The fourth-order valence-electron chi connectivity index (χ4n) is 2.32. The van der Waals surface area contributed by atoms with Gasteiger partial charge in [-0.3, -0.25) is 9.59 Å². The van der Waals surface area contributed by atoms with Gasteiger partial charge in [-0.05, 0) is 42.5 Å². The highest BCUT2D eigenvalue weighted by molar-refractivity contribution is 5.99. The zero-order valence-corrected chi connectivity index (χ0v) is 16.1. The first-order valence-corrected chi connectivity index (χ1v) is 8.59. The lowest BCUT2D eigenvalue weighted by molar-refractivity contribution is -0.115. The fourth-order valence-corrected chi connectivity index (χ4v) is 2.32. The van der Waals surface area contributed by atoms with Gasteiger partial charge in [-0.1, -0.05) is 0 Å². The minimum atomic E-state index is -0.391. The summed E-state index contributed by atoms with van der Waals surface area (Å²) in [6.07, 6.45) is 0. The molecular formula is C20H24N2O6. The number of methoxy groups -OCH3 is 3. The summed E-state index contributed by atoms with van der Waals surface area (Å²) in [5.74, 6) is 0.899. The number of hydrogen-bond acceptors (Lipinski definition) is 6. The Bertz CT molecular complexity index is 792. The predicted molar refractivity (Wildman–Crippen MR) is 104 cm³/mol. The molecule has 0 atom stereocenters. The molecule has 2 rings (SSSR count). The molecule has 0 saturated heterocycles. The van der Waals surface area contributed by atoms with Crippen LogP contribution in [-0.4, -0.2) is 52.9 Å². The van der Waals surface area contributed by atoms with E-state index in [2.05, 4.69) is 10.6 Å². The van der Waals surface area contributed by atoms with Crippen molar-refractivity contribution in [2.45, 2.75) is 0 Å². The van der Waals surface area contributed by atoms with Crippen LogP contribution >= 0.6 is 0 Å². The molecule has 2 aromatic rings. The van der Waals surface area contributed by atoms with Gasteiger partial charge in [-0.2, -0.15) is 0 Å². The van der Waals surface area contributed by atoms with Crippen LogP contribution in [0, 0.1) is 0 Å². The SMILES string of the molecule is COCCOc1ccc(NC(=O)CNC(=O)c2ccc(OC)c(OC)c2)cc1. The molecule has 150 valence electrons. The normalized spacial score (nSPS) is 10.1. The number of amides is 2. The summed E-state index contributed by atoms with van der Waals surface area (Å²) in [7, 11) is 4.60. The van der Waals surface area contributed by atoms with E-state index < -0.39 is 5.91 Å². The Morgan fingerprint density at radius 1 is 0.893 bits per heavy atom. The third-order valence-electron chi connectivity index (χ3n) is 3.75. The zero-order chi connectivity index (χ0) is 20.4.